The fraction of sp³-hybridized carbons (Fsp3) is 0.538. The molecule has 0 aliphatic carbocycles. The van der Waals surface area contributed by atoms with Gasteiger partial charge in [-0.3, -0.25) is 0 Å². The van der Waals surface area contributed by atoms with Gasteiger partial charge in [0.05, 0.1) is 7.11 Å². The smallest absolute Gasteiger partial charge is 0.244 e. The molecule has 1 saturated heterocycles. The molecule has 1 aliphatic rings. The Hall–Kier alpha value is -0.630. The summed E-state index contributed by atoms with van der Waals surface area (Å²) in [6, 6.07) is 4.93. The van der Waals surface area contributed by atoms with Crippen LogP contribution >= 0.6 is 15.9 Å². The van der Waals surface area contributed by atoms with Crippen LogP contribution in [0.15, 0.2) is 27.6 Å². The molecule has 0 amide bonds. The van der Waals surface area contributed by atoms with Gasteiger partial charge in [-0.25, -0.2) is 13.1 Å². The van der Waals surface area contributed by atoms with Crippen molar-refractivity contribution in [2.75, 3.05) is 26.9 Å². The Morgan fingerprint density at radius 2 is 2.10 bits per heavy atom. The summed E-state index contributed by atoms with van der Waals surface area (Å²) in [5.74, 6) is 0.671. The van der Waals surface area contributed by atoms with Crippen LogP contribution < -0.4 is 9.46 Å². The third-order valence-corrected chi connectivity index (χ3v) is 5.26. The maximum Gasteiger partial charge on any atom is 0.244 e. The molecule has 1 heterocycles. The molecule has 0 bridgehead atoms. The number of ether oxygens (including phenoxy) is 2. The first kappa shape index (κ1) is 15.8. The molecule has 7 heteroatoms. The molecule has 5 nitrogen and oxygen atoms in total. The van der Waals surface area contributed by atoms with Crippen LogP contribution in [-0.2, 0) is 14.8 Å². The standard InChI is InChI=1S/C13H18BrNO4S/c1-18-12-3-2-11(14)8-13(12)20(16,17)15-9-10-4-6-19-7-5-10/h2-3,8,10,15H,4-7,9H2,1H3. The van der Waals surface area contributed by atoms with E-state index in [1.54, 1.807) is 18.2 Å². The molecule has 2 rings (SSSR count). The van der Waals surface area contributed by atoms with Crippen molar-refractivity contribution in [3.05, 3.63) is 22.7 Å². The van der Waals surface area contributed by atoms with Crippen LogP contribution in [0.1, 0.15) is 12.8 Å². The Morgan fingerprint density at radius 1 is 1.40 bits per heavy atom. The van der Waals surface area contributed by atoms with Crippen molar-refractivity contribution >= 4 is 26.0 Å². The number of hydrogen-bond donors (Lipinski definition) is 1. The summed E-state index contributed by atoms with van der Waals surface area (Å²) in [5.41, 5.74) is 0. The summed E-state index contributed by atoms with van der Waals surface area (Å²) in [6.45, 7) is 1.83. The van der Waals surface area contributed by atoms with E-state index in [0.717, 1.165) is 12.8 Å². The Balaban J connectivity index is 2.11. The highest BCUT2D eigenvalue weighted by Gasteiger charge is 2.22. The monoisotopic (exact) mass is 363 g/mol. The Morgan fingerprint density at radius 3 is 2.75 bits per heavy atom. The summed E-state index contributed by atoms with van der Waals surface area (Å²) in [4.78, 5) is 0.154. The van der Waals surface area contributed by atoms with Gasteiger partial charge in [0.2, 0.25) is 10.0 Å². The van der Waals surface area contributed by atoms with Crippen molar-refractivity contribution in [3.8, 4) is 5.75 Å². The highest BCUT2D eigenvalue weighted by atomic mass is 79.9. The average Bonchev–Trinajstić information content (AvgIpc) is 2.46. The summed E-state index contributed by atoms with van der Waals surface area (Å²) < 4.78 is 38.5. The maximum atomic E-state index is 12.4. The van der Waals surface area contributed by atoms with E-state index in [-0.39, 0.29) is 4.90 Å². The molecule has 0 spiro atoms. The largest absolute Gasteiger partial charge is 0.495 e. The van der Waals surface area contributed by atoms with Crippen molar-refractivity contribution in [1.29, 1.82) is 0 Å². The molecule has 1 aliphatic heterocycles. The number of benzene rings is 1. The van der Waals surface area contributed by atoms with Crippen molar-refractivity contribution in [3.63, 3.8) is 0 Å². The molecule has 0 aromatic heterocycles. The number of methoxy groups -OCH3 is 1. The van der Waals surface area contributed by atoms with E-state index in [2.05, 4.69) is 20.7 Å². The molecule has 1 aromatic carbocycles. The second-order valence-corrected chi connectivity index (χ2v) is 7.35. The molecular formula is C13H18BrNO4S. The number of rotatable bonds is 5. The van der Waals surface area contributed by atoms with E-state index in [4.69, 9.17) is 9.47 Å². The van der Waals surface area contributed by atoms with Gasteiger partial charge in [0.25, 0.3) is 0 Å². The first-order valence-corrected chi connectivity index (χ1v) is 8.71. The number of nitrogens with one attached hydrogen (secondary N) is 1. The normalized spacial score (nSPS) is 17.1. The van der Waals surface area contributed by atoms with Crippen LogP contribution in [0.4, 0.5) is 0 Å². The highest BCUT2D eigenvalue weighted by molar-refractivity contribution is 9.10. The molecule has 0 unspecified atom stereocenters. The second kappa shape index (κ2) is 6.89. The van der Waals surface area contributed by atoms with Gasteiger partial charge in [-0.05, 0) is 37.0 Å². The van der Waals surface area contributed by atoms with Gasteiger partial charge in [0, 0.05) is 24.2 Å². The zero-order chi connectivity index (χ0) is 14.6. The molecular weight excluding hydrogens is 346 g/mol. The number of hydrogen-bond acceptors (Lipinski definition) is 4. The summed E-state index contributed by atoms with van der Waals surface area (Å²) in [7, 11) is -2.11. The van der Waals surface area contributed by atoms with E-state index in [1.165, 1.54) is 7.11 Å². The van der Waals surface area contributed by atoms with E-state index < -0.39 is 10.0 Å². The molecule has 112 valence electrons. The number of halogens is 1. The first-order chi connectivity index (χ1) is 9.53. The Labute approximate surface area is 127 Å². The Kier molecular flexibility index (Phi) is 5.42. The summed E-state index contributed by atoms with van der Waals surface area (Å²) in [5, 5.41) is 0. The third-order valence-electron chi connectivity index (χ3n) is 3.32. The van der Waals surface area contributed by atoms with E-state index in [9.17, 15) is 8.42 Å². The molecule has 1 aromatic rings. The van der Waals surface area contributed by atoms with Crippen LogP contribution in [0.3, 0.4) is 0 Å². The lowest BCUT2D eigenvalue weighted by Crippen LogP contribution is -2.32. The second-order valence-electron chi connectivity index (χ2n) is 4.70. The zero-order valence-electron chi connectivity index (χ0n) is 11.3. The van der Waals surface area contributed by atoms with E-state index in [1.807, 2.05) is 0 Å². The predicted molar refractivity (Wildman–Crippen MR) is 79.4 cm³/mol. The fourth-order valence-corrected chi connectivity index (χ4v) is 3.94. The minimum atomic E-state index is -3.57. The van der Waals surface area contributed by atoms with Gasteiger partial charge in [0.1, 0.15) is 10.6 Å². The van der Waals surface area contributed by atoms with Crippen LogP contribution in [0, 0.1) is 5.92 Å². The molecule has 0 saturated carbocycles. The lowest BCUT2D eigenvalue weighted by molar-refractivity contribution is 0.0678. The van der Waals surface area contributed by atoms with Crippen molar-refractivity contribution < 1.29 is 17.9 Å². The molecule has 20 heavy (non-hydrogen) atoms. The van der Waals surface area contributed by atoms with Crippen molar-refractivity contribution in [2.45, 2.75) is 17.7 Å². The topological polar surface area (TPSA) is 64.6 Å². The van der Waals surface area contributed by atoms with Gasteiger partial charge >= 0.3 is 0 Å². The third kappa shape index (κ3) is 3.94. The molecule has 1 N–H and O–H groups in total. The first-order valence-electron chi connectivity index (χ1n) is 6.44. The fourth-order valence-electron chi connectivity index (χ4n) is 2.12. The molecule has 0 radical (unpaired) electrons. The van der Waals surface area contributed by atoms with Crippen LogP contribution in [0.25, 0.3) is 0 Å². The van der Waals surface area contributed by atoms with Gasteiger partial charge in [-0.15, -0.1) is 0 Å². The van der Waals surface area contributed by atoms with Crippen LogP contribution in [0.2, 0.25) is 0 Å². The molecule has 1 fully saturated rings. The summed E-state index contributed by atoms with van der Waals surface area (Å²) in [6.07, 6.45) is 1.77. The minimum Gasteiger partial charge on any atom is -0.495 e. The number of sulfonamides is 1. The van der Waals surface area contributed by atoms with Gasteiger partial charge < -0.3 is 9.47 Å². The highest BCUT2D eigenvalue weighted by Crippen LogP contribution is 2.27. The maximum absolute atomic E-state index is 12.4. The van der Waals surface area contributed by atoms with Crippen LogP contribution in [-0.4, -0.2) is 35.3 Å². The average molecular weight is 364 g/mol. The Bertz CT molecular complexity index is 555. The van der Waals surface area contributed by atoms with Gasteiger partial charge in [-0.2, -0.15) is 0 Å². The van der Waals surface area contributed by atoms with Crippen molar-refractivity contribution in [1.82, 2.24) is 4.72 Å². The van der Waals surface area contributed by atoms with Crippen molar-refractivity contribution in [2.24, 2.45) is 5.92 Å². The SMILES string of the molecule is COc1ccc(Br)cc1S(=O)(=O)NCC1CCOCC1. The minimum absolute atomic E-state index is 0.154. The predicted octanol–water partition coefficient (Wildman–Crippen LogP) is 2.16. The van der Waals surface area contributed by atoms with Gasteiger partial charge in [0.15, 0.2) is 0 Å². The van der Waals surface area contributed by atoms with Crippen LogP contribution in [0.5, 0.6) is 5.75 Å². The quantitative estimate of drug-likeness (QED) is 0.870. The van der Waals surface area contributed by atoms with E-state index >= 15 is 0 Å². The lowest BCUT2D eigenvalue weighted by Gasteiger charge is -2.22. The lowest BCUT2D eigenvalue weighted by atomic mass is 10.0. The molecule has 0 atom stereocenters. The van der Waals surface area contributed by atoms with E-state index in [0.29, 0.717) is 35.9 Å². The van der Waals surface area contributed by atoms with Gasteiger partial charge in [-0.1, -0.05) is 15.9 Å². The zero-order valence-corrected chi connectivity index (χ0v) is 13.7. The summed E-state index contributed by atoms with van der Waals surface area (Å²) >= 11 is 3.28.